The lowest BCUT2D eigenvalue weighted by Crippen LogP contribution is -2.17. The van der Waals surface area contributed by atoms with Gasteiger partial charge < -0.3 is 18.9 Å². The maximum Gasteiger partial charge on any atom is 0.271 e. The Labute approximate surface area is 193 Å². The average molecular weight is 530 g/mol. The minimum atomic E-state index is -0.348. The lowest BCUT2D eigenvalue weighted by atomic mass is 10.2. The third-order valence-corrected chi connectivity index (χ3v) is 5.29. The summed E-state index contributed by atoms with van der Waals surface area (Å²) in [5.41, 5.74) is 4.78. The number of carbonyl (C=O) groups excluding carboxylic acids is 1. The Bertz CT molecular complexity index is 1120. The molecule has 0 fully saturated rings. The number of nitrogens with zero attached hydrogens (tertiary/aromatic N) is 1. The van der Waals surface area contributed by atoms with Gasteiger partial charge in [0.05, 0.1) is 16.9 Å². The molecule has 4 rings (SSSR count). The fourth-order valence-electron chi connectivity index (χ4n) is 2.95. The van der Waals surface area contributed by atoms with E-state index in [9.17, 15) is 4.79 Å². The highest BCUT2D eigenvalue weighted by Gasteiger charge is 2.16. The zero-order valence-corrected chi connectivity index (χ0v) is 18.8. The minimum Gasteiger partial charge on any atom is -0.493 e. The van der Waals surface area contributed by atoms with E-state index in [2.05, 4.69) is 33.1 Å². The van der Waals surface area contributed by atoms with Crippen LogP contribution in [-0.4, -0.2) is 26.0 Å². The highest BCUT2D eigenvalue weighted by molar-refractivity contribution is 14.1. The number of halogens is 1. The molecule has 7 nitrogen and oxygen atoms in total. The number of benzene rings is 3. The Morgan fingerprint density at radius 2 is 1.94 bits per heavy atom. The van der Waals surface area contributed by atoms with Gasteiger partial charge in [0.1, 0.15) is 6.61 Å². The molecule has 0 atom stereocenters. The molecule has 0 aliphatic carbocycles. The lowest BCUT2D eigenvalue weighted by molar-refractivity contribution is 0.0954. The van der Waals surface area contributed by atoms with Gasteiger partial charge in [0.25, 0.3) is 5.91 Å². The van der Waals surface area contributed by atoms with Gasteiger partial charge in [-0.2, -0.15) is 5.10 Å². The van der Waals surface area contributed by atoms with Gasteiger partial charge in [0.15, 0.2) is 23.0 Å². The van der Waals surface area contributed by atoms with E-state index >= 15 is 0 Å². The van der Waals surface area contributed by atoms with Crippen LogP contribution in [0.4, 0.5) is 0 Å². The molecule has 3 aromatic rings. The minimum absolute atomic E-state index is 0.157. The molecule has 1 aliphatic rings. The second kappa shape index (κ2) is 9.69. The Balaban J connectivity index is 1.42. The van der Waals surface area contributed by atoms with E-state index in [0.29, 0.717) is 35.2 Å². The standard InChI is InChI=1S/C23H19IN2O5/c1-28-21-10-16(9-18(24)22(21)29-13-15-5-3-2-4-6-15)12-25-26-23(27)17-7-8-19-20(11-17)31-14-30-19/h2-12H,13-14H2,1H3,(H,26,27)/b25-12+. The van der Waals surface area contributed by atoms with Crippen molar-refractivity contribution >= 4 is 34.7 Å². The first-order valence-electron chi connectivity index (χ1n) is 9.41. The Hall–Kier alpha value is -3.27. The second-order valence-corrected chi connectivity index (χ2v) is 7.74. The van der Waals surface area contributed by atoms with Crippen LogP contribution in [0.5, 0.6) is 23.0 Å². The van der Waals surface area contributed by atoms with Crippen LogP contribution in [0.3, 0.4) is 0 Å². The zero-order chi connectivity index (χ0) is 21.6. The normalized spacial score (nSPS) is 12.1. The van der Waals surface area contributed by atoms with Gasteiger partial charge in [-0.1, -0.05) is 30.3 Å². The number of hydrazone groups is 1. The SMILES string of the molecule is COc1cc(/C=N/NC(=O)c2ccc3c(c2)OCO3)cc(I)c1OCc1ccccc1. The van der Waals surface area contributed by atoms with Crippen molar-refractivity contribution in [3.8, 4) is 23.0 Å². The molecule has 1 aliphatic heterocycles. The number of methoxy groups -OCH3 is 1. The Morgan fingerprint density at radius 1 is 1.13 bits per heavy atom. The fourth-order valence-corrected chi connectivity index (χ4v) is 3.73. The van der Waals surface area contributed by atoms with Crippen molar-refractivity contribution < 1.29 is 23.7 Å². The molecule has 0 bridgehead atoms. The molecular formula is C23H19IN2O5. The number of hydrogen-bond acceptors (Lipinski definition) is 6. The summed E-state index contributed by atoms with van der Waals surface area (Å²) >= 11 is 2.19. The highest BCUT2D eigenvalue weighted by atomic mass is 127. The molecule has 0 unspecified atom stereocenters. The lowest BCUT2D eigenvalue weighted by Gasteiger charge is -2.13. The number of fused-ring (bicyclic) bond motifs is 1. The molecule has 3 aromatic carbocycles. The third-order valence-electron chi connectivity index (χ3n) is 4.49. The van der Waals surface area contributed by atoms with E-state index in [1.165, 1.54) is 0 Å². The maximum absolute atomic E-state index is 12.3. The summed E-state index contributed by atoms with van der Waals surface area (Å²) in [5, 5.41) is 4.05. The molecule has 0 spiro atoms. The van der Waals surface area contributed by atoms with Gasteiger partial charge in [0.2, 0.25) is 6.79 Å². The Kier molecular flexibility index (Phi) is 6.56. The van der Waals surface area contributed by atoms with E-state index in [1.807, 2.05) is 36.4 Å². The van der Waals surface area contributed by atoms with Crippen molar-refractivity contribution in [2.24, 2.45) is 5.10 Å². The quantitative estimate of drug-likeness (QED) is 0.279. The number of carbonyl (C=O) groups is 1. The van der Waals surface area contributed by atoms with Crippen molar-refractivity contribution in [2.75, 3.05) is 13.9 Å². The van der Waals surface area contributed by atoms with Crippen molar-refractivity contribution in [3.63, 3.8) is 0 Å². The maximum atomic E-state index is 12.3. The molecular weight excluding hydrogens is 511 g/mol. The van der Waals surface area contributed by atoms with Crippen LogP contribution in [0.1, 0.15) is 21.5 Å². The fraction of sp³-hybridized carbons (Fsp3) is 0.130. The van der Waals surface area contributed by atoms with Crippen LogP contribution in [0.25, 0.3) is 0 Å². The molecule has 31 heavy (non-hydrogen) atoms. The zero-order valence-electron chi connectivity index (χ0n) is 16.6. The summed E-state index contributed by atoms with van der Waals surface area (Å²) in [6.07, 6.45) is 1.55. The van der Waals surface area contributed by atoms with E-state index in [4.69, 9.17) is 18.9 Å². The second-order valence-electron chi connectivity index (χ2n) is 6.58. The predicted octanol–water partition coefficient (Wildman–Crippen LogP) is 4.37. The number of hydrogen-bond donors (Lipinski definition) is 1. The van der Waals surface area contributed by atoms with E-state index in [-0.39, 0.29) is 12.7 Å². The average Bonchev–Trinajstić information content (AvgIpc) is 3.26. The highest BCUT2D eigenvalue weighted by Crippen LogP contribution is 2.34. The number of ether oxygens (including phenoxy) is 4. The Morgan fingerprint density at radius 3 is 2.74 bits per heavy atom. The van der Waals surface area contributed by atoms with Crippen molar-refractivity contribution in [3.05, 3.63) is 80.9 Å². The topological polar surface area (TPSA) is 78.4 Å². The van der Waals surface area contributed by atoms with E-state index in [1.54, 1.807) is 37.6 Å². The summed E-state index contributed by atoms with van der Waals surface area (Å²) < 4.78 is 22.9. The summed E-state index contributed by atoms with van der Waals surface area (Å²) in [5.74, 6) is 2.07. The monoisotopic (exact) mass is 530 g/mol. The molecule has 0 saturated carbocycles. The van der Waals surface area contributed by atoms with Gasteiger partial charge in [-0.25, -0.2) is 5.43 Å². The van der Waals surface area contributed by atoms with Crippen LogP contribution in [-0.2, 0) is 6.61 Å². The predicted molar refractivity (Wildman–Crippen MR) is 124 cm³/mol. The first-order chi connectivity index (χ1) is 15.1. The molecule has 158 valence electrons. The molecule has 1 heterocycles. The summed E-state index contributed by atoms with van der Waals surface area (Å²) in [7, 11) is 1.59. The molecule has 0 radical (unpaired) electrons. The van der Waals surface area contributed by atoms with Crippen LogP contribution >= 0.6 is 22.6 Å². The van der Waals surface area contributed by atoms with Crippen molar-refractivity contribution in [1.29, 1.82) is 0 Å². The summed E-state index contributed by atoms with van der Waals surface area (Å²) in [6.45, 7) is 0.594. The molecule has 8 heteroatoms. The van der Waals surface area contributed by atoms with Crippen LogP contribution in [0.2, 0.25) is 0 Å². The first kappa shape index (κ1) is 21.0. The van der Waals surface area contributed by atoms with Gasteiger partial charge in [-0.3, -0.25) is 4.79 Å². The molecule has 1 N–H and O–H groups in total. The number of amides is 1. The van der Waals surface area contributed by atoms with Gasteiger partial charge >= 0.3 is 0 Å². The van der Waals surface area contributed by atoms with Gasteiger partial charge in [-0.05, 0) is 64.0 Å². The first-order valence-corrected chi connectivity index (χ1v) is 10.5. The van der Waals surface area contributed by atoms with Gasteiger partial charge in [0, 0.05) is 5.56 Å². The smallest absolute Gasteiger partial charge is 0.271 e. The van der Waals surface area contributed by atoms with Crippen molar-refractivity contribution in [2.45, 2.75) is 6.61 Å². The molecule has 0 aromatic heterocycles. The van der Waals surface area contributed by atoms with E-state index < -0.39 is 0 Å². The summed E-state index contributed by atoms with van der Waals surface area (Å²) in [6, 6.07) is 18.6. The molecule has 0 saturated heterocycles. The van der Waals surface area contributed by atoms with Crippen molar-refractivity contribution in [1.82, 2.24) is 5.43 Å². The van der Waals surface area contributed by atoms with Crippen LogP contribution in [0, 0.1) is 3.57 Å². The summed E-state index contributed by atoms with van der Waals surface area (Å²) in [4.78, 5) is 12.3. The van der Waals surface area contributed by atoms with Crippen LogP contribution in [0.15, 0.2) is 65.8 Å². The molecule has 1 amide bonds. The largest absolute Gasteiger partial charge is 0.493 e. The van der Waals surface area contributed by atoms with Crippen LogP contribution < -0.4 is 24.4 Å². The third kappa shape index (κ3) is 5.08. The van der Waals surface area contributed by atoms with E-state index in [0.717, 1.165) is 14.7 Å². The number of nitrogens with one attached hydrogen (secondary N) is 1. The number of rotatable bonds is 7. The van der Waals surface area contributed by atoms with Gasteiger partial charge in [-0.15, -0.1) is 0 Å².